The van der Waals surface area contributed by atoms with Gasteiger partial charge in [0.2, 0.25) is 5.91 Å². The quantitative estimate of drug-likeness (QED) is 0.853. The molecule has 1 aliphatic carbocycles. The third-order valence-electron chi connectivity index (χ3n) is 2.62. The van der Waals surface area contributed by atoms with Crippen molar-refractivity contribution in [2.24, 2.45) is 0 Å². The molecule has 2 rings (SSSR count). The number of amides is 2. The van der Waals surface area contributed by atoms with Crippen LogP contribution < -0.4 is 10.6 Å². The molecule has 1 aromatic rings. The summed E-state index contributed by atoms with van der Waals surface area (Å²) in [7, 11) is 0. The molecule has 0 aromatic heterocycles. The van der Waals surface area contributed by atoms with Crippen LogP contribution in [0.25, 0.3) is 0 Å². The first-order valence-corrected chi connectivity index (χ1v) is 7.28. The van der Waals surface area contributed by atoms with Crippen molar-refractivity contribution in [1.82, 2.24) is 5.32 Å². The average Bonchev–Trinajstić information content (AvgIpc) is 3.14. The number of hydrogen-bond donors (Lipinski definition) is 2. The molecular formula is C13H16N2O2S. The molecule has 0 bridgehead atoms. The second-order valence-electron chi connectivity index (χ2n) is 4.31. The van der Waals surface area contributed by atoms with E-state index in [1.165, 1.54) is 11.8 Å². The highest BCUT2D eigenvalue weighted by molar-refractivity contribution is 7.99. The Balaban J connectivity index is 1.91. The number of nitrogens with one attached hydrogen (secondary N) is 2. The van der Waals surface area contributed by atoms with Crippen LogP contribution in [0.15, 0.2) is 24.3 Å². The molecule has 96 valence electrons. The number of carbonyl (C=O) groups is 2. The summed E-state index contributed by atoms with van der Waals surface area (Å²) in [6, 6.07) is 7.32. The van der Waals surface area contributed by atoms with Crippen LogP contribution in [0.3, 0.4) is 0 Å². The Morgan fingerprint density at radius 2 is 1.94 bits per heavy atom. The molecule has 2 N–H and O–H groups in total. The Hall–Kier alpha value is -1.49. The maximum absolute atomic E-state index is 11.7. The molecule has 0 spiro atoms. The van der Waals surface area contributed by atoms with Gasteiger partial charge in [0.1, 0.15) is 0 Å². The highest BCUT2D eigenvalue weighted by Gasteiger charge is 2.23. The molecule has 0 unspecified atom stereocenters. The maximum Gasteiger partial charge on any atom is 0.251 e. The lowest BCUT2D eigenvalue weighted by molar-refractivity contribution is -0.113. The Labute approximate surface area is 111 Å². The van der Waals surface area contributed by atoms with Crippen molar-refractivity contribution in [1.29, 1.82) is 0 Å². The number of hydrogen-bond acceptors (Lipinski definition) is 3. The van der Waals surface area contributed by atoms with Crippen molar-refractivity contribution in [3.05, 3.63) is 29.8 Å². The summed E-state index contributed by atoms with van der Waals surface area (Å²) >= 11 is 1.47. The van der Waals surface area contributed by atoms with E-state index >= 15 is 0 Å². The van der Waals surface area contributed by atoms with Crippen molar-refractivity contribution in [3.63, 3.8) is 0 Å². The number of carbonyl (C=O) groups excluding carboxylic acids is 2. The van der Waals surface area contributed by atoms with E-state index in [1.807, 2.05) is 6.26 Å². The Kier molecular flexibility index (Phi) is 4.25. The van der Waals surface area contributed by atoms with Gasteiger partial charge >= 0.3 is 0 Å². The summed E-state index contributed by atoms with van der Waals surface area (Å²) in [5.74, 6) is 0.362. The molecule has 0 saturated heterocycles. The highest BCUT2D eigenvalue weighted by atomic mass is 32.2. The van der Waals surface area contributed by atoms with Crippen LogP contribution >= 0.6 is 11.8 Å². The van der Waals surface area contributed by atoms with Crippen molar-refractivity contribution in [3.8, 4) is 0 Å². The molecule has 18 heavy (non-hydrogen) atoms. The minimum atomic E-state index is -0.0421. The van der Waals surface area contributed by atoms with Gasteiger partial charge in [-0.1, -0.05) is 0 Å². The van der Waals surface area contributed by atoms with E-state index in [-0.39, 0.29) is 11.8 Å². The van der Waals surface area contributed by atoms with Crippen LogP contribution in [0, 0.1) is 0 Å². The van der Waals surface area contributed by atoms with Gasteiger partial charge in [0.25, 0.3) is 5.91 Å². The van der Waals surface area contributed by atoms with Gasteiger partial charge in [-0.3, -0.25) is 9.59 Å². The van der Waals surface area contributed by atoms with Gasteiger partial charge in [-0.25, -0.2) is 0 Å². The van der Waals surface area contributed by atoms with E-state index in [2.05, 4.69) is 10.6 Å². The van der Waals surface area contributed by atoms with Gasteiger partial charge in [-0.05, 0) is 43.4 Å². The standard InChI is InChI=1S/C13H16N2O2S/c1-18-8-12(16)14-10-4-2-9(3-5-10)13(17)15-11-6-7-11/h2-5,11H,6-8H2,1H3,(H,14,16)(H,15,17). The average molecular weight is 264 g/mol. The van der Waals surface area contributed by atoms with Gasteiger partial charge < -0.3 is 10.6 Å². The number of thioether (sulfide) groups is 1. The summed E-state index contributed by atoms with van der Waals surface area (Å²) in [6.45, 7) is 0. The molecule has 0 atom stereocenters. The zero-order chi connectivity index (χ0) is 13.0. The minimum absolute atomic E-state index is 0.0299. The maximum atomic E-state index is 11.7. The second kappa shape index (κ2) is 5.91. The van der Waals surface area contributed by atoms with E-state index in [9.17, 15) is 9.59 Å². The van der Waals surface area contributed by atoms with Crippen molar-refractivity contribution >= 4 is 29.3 Å². The van der Waals surface area contributed by atoms with E-state index in [4.69, 9.17) is 0 Å². The normalized spacial score (nSPS) is 14.1. The molecule has 4 nitrogen and oxygen atoms in total. The molecule has 0 heterocycles. The van der Waals surface area contributed by atoms with Crippen molar-refractivity contribution in [2.75, 3.05) is 17.3 Å². The minimum Gasteiger partial charge on any atom is -0.349 e. The van der Waals surface area contributed by atoms with Crippen LogP contribution in [0.1, 0.15) is 23.2 Å². The molecule has 1 saturated carbocycles. The van der Waals surface area contributed by atoms with Crippen LogP contribution in [0.2, 0.25) is 0 Å². The summed E-state index contributed by atoms with van der Waals surface area (Å²) in [5, 5.41) is 5.69. The van der Waals surface area contributed by atoms with Crippen LogP contribution in [-0.4, -0.2) is 29.9 Å². The lowest BCUT2D eigenvalue weighted by atomic mass is 10.2. The molecule has 1 aliphatic rings. The van der Waals surface area contributed by atoms with E-state index < -0.39 is 0 Å². The predicted octanol–water partition coefficient (Wildman–Crippen LogP) is 1.88. The van der Waals surface area contributed by atoms with Gasteiger partial charge in [0.15, 0.2) is 0 Å². The van der Waals surface area contributed by atoms with Crippen LogP contribution in [0.5, 0.6) is 0 Å². The molecule has 2 amide bonds. The summed E-state index contributed by atoms with van der Waals surface area (Å²) < 4.78 is 0. The Bertz CT molecular complexity index is 441. The van der Waals surface area contributed by atoms with Crippen molar-refractivity contribution < 1.29 is 9.59 Å². The molecule has 0 radical (unpaired) electrons. The monoisotopic (exact) mass is 264 g/mol. The summed E-state index contributed by atoms with van der Waals surface area (Å²) in [6.07, 6.45) is 4.04. The first-order valence-electron chi connectivity index (χ1n) is 5.89. The molecule has 5 heteroatoms. The lowest BCUT2D eigenvalue weighted by Crippen LogP contribution is -2.25. The molecule has 1 fully saturated rings. The number of benzene rings is 1. The highest BCUT2D eigenvalue weighted by Crippen LogP contribution is 2.19. The van der Waals surface area contributed by atoms with Gasteiger partial charge in [0.05, 0.1) is 5.75 Å². The fourth-order valence-corrected chi connectivity index (χ4v) is 1.86. The van der Waals surface area contributed by atoms with E-state index in [1.54, 1.807) is 24.3 Å². The SMILES string of the molecule is CSCC(=O)Nc1ccc(C(=O)NC2CC2)cc1. The lowest BCUT2D eigenvalue weighted by Gasteiger charge is -2.06. The van der Waals surface area contributed by atoms with Crippen molar-refractivity contribution in [2.45, 2.75) is 18.9 Å². The topological polar surface area (TPSA) is 58.2 Å². The number of anilines is 1. The first kappa shape index (κ1) is 13.0. The summed E-state index contributed by atoms with van der Waals surface area (Å²) in [5.41, 5.74) is 1.35. The third-order valence-corrected chi connectivity index (χ3v) is 3.17. The summed E-state index contributed by atoms with van der Waals surface area (Å²) in [4.78, 5) is 23.1. The third kappa shape index (κ3) is 3.77. The first-order chi connectivity index (χ1) is 8.69. The van der Waals surface area contributed by atoms with Gasteiger partial charge in [-0.15, -0.1) is 0 Å². The molecule has 1 aromatic carbocycles. The van der Waals surface area contributed by atoms with E-state index in [0.29, 0.717) is 17.4 Å². The fraction of sp³-hybridized carbons (Fsp3) is 0.385. The van der Waals surface area contributed by atoms with E-state index in [0.717, 1.165) is 18.5 Å². The van der Waals surface area contributed by atoms with Crippen LogP contribution in [0.4, 0.5) is 5.69 Å². The zero-order valence-electron chi connectivity index (χ0n) is 10.2. The smallest absolute Gasteiger partial charge is 0.251 e. The molecule has 0 aliphatic heterocycles. The predicted molar refractivity (Wildman–Crippen MR) is 73.9 cm³/mol. The zero-order valence-corrected chi connectivity index (χ0v) is 11.0. The second-order valence-corrected chi connectivity index (χ2v) is 5.17. The number of rotatable bonds is 5. The van der Waals surface area contributed by atoms with Gasteiger partial charge in [-0.2, -0.15) is 11.8 Å². The fourth-order valence-electron chi connectivity index (χ4n) is 1.53. The van der Waals surface area contributed by atoms with Gasteiger partial charge in [0, 0.05) is 17.3 Å². The Morgan fingerprint density at radius 1 is 1.28 bits per heavy atom. The Morgan fingerprint density at radius 3 is 2.50 bits per heavy atom. The largest absolute Gasteiger partial charge is 0.349 e. The van der Waals surface area contributed by atoms with Crippen LogP contribution in [-0.2, 0) is 4.79 Å². The molecular weight excluding hydrogens is 248 g/mol.